The Kier molecular flexibility index (Phi) is 5.48. The molecule has 1 aromatic carbocycles. The first kappa shape index (κ1) is 20.6. The van der Waals surface area contributed by atoms with Crippen LogP contribution in [0.5, 0.6) is 0 Å². The second-order valence-corrected chi connectivity index (χ2v) is 7.40. The standard InChI is InChI=1S/C15H12F4N6O3S/c16-12-2-1-10(7-11(12)15(17,18)19)29(27,28)22-5-6-24-14(26)4-3-13(23-24)25-9-20-8-21-25/h1-4,7-9,22H,5-6H2. The van der Waals surface area contributed by atoms with Crippen molar-refractivity contribution in [2.75, 3.05) is 6.54 Å². The van der Waals surface area contributed by atoms with Crippen molar-refractivity contribution in [1.29, 1.82) is 0 Å². The maximum absolute atomic E-state index is 13.3. The molecule has 0 aliphatic carbocycles. The fourth-order valence-corrected chi connectivity index (χ4v) is 3.35. The Morgan fingerprint density at radius 1 is 1.14 bits per heavy atom. The Morgan fingerprint density at radius 2 is 1.90 bits per heavy atom. The van der Waals surface area contributed by atoms with E-state index < -0.39 is 38.0 Å². The van der Waals surface area contributed by atoms with Crippen LogP contribution < -0.4 is 10.3 Å². The third-order valence-corrected chi connectivity index (χ3v) is 5.13. The molecule has 0 aliphatic heterocycles. The van der Waals surface area contributed by atoms with E-state index in [0.717, 1.165) is 4.68 Å². The number of rotatable bonds is 6. The summed E-state index contributed by atoms with van der Waals surface area (Å²) in [6.07, 6.45) is -2.45. The molecule has 3 aromatic rings. The predicted octanol–water partition coefficient (Wildman–Crippen LogP) is 0.960. The molecule has 0 radical (unpaired) electrons. The zero-order chi connectivity index (χ0) is 21.2. The van der Waals surface area contributed by atoms with Gasteiger partial charge in [-0.05, 0) is 24.3 Å². The molecule has 154 valence electrons. The Labute approximate surface area is 160 Å². The second-order valence-electron chi connectivity index (χ2n) is 5.63. The van der Waals surface area contributed by atoms with E-state index in [2.05, 4.69) is 19.9 Å². The highest BCUT2D eigenvalue weighted by atomic mass is 32.2. The lowest BCUT2D eigenvalue weighted by molar-refractivity contribution is -0.140. The average Bonchev–Trinajstić information content (AvgIpc) is 3.17. The van der Waals surface area contributed by atoms with Crippen molar-refractivity contribution in [2.24, 2.45) is 0 Å². The zero-order valence-electron chi connectivity index (χ0n) is 14.3. The van der Waals surface area contributed by atoms with Gasteiger partial charge in [-0.2, -0.15) is 18.3 Å². The number of hydrogen-bond donors (Lipinski definition) is 1. The van der Waals surface area contributed by atoms with Gasteiger partial charge in [0, 0.05) is 12.6 Å². The summed E-state index contributed by atoms with van der Waals surface area (Å²) in [6.45, 7) is -0.567. The molecule has 1 N–H and O–H groups in total. The molecule has 0 fully saturated rings. The number of benzene rings is 1. The van der Waals surface area contributed by atoms with Gasteiger partial charge in [-0.1, -0.05) is 0 Å². The van der Waals surface area contributed by atoms with Gasteiger partial charge >= 0.3 is 6.18 Å². The van der Waals surface area contributed by atoms with E-state index in [1.54, 1.807) is 0 Å². The van der Waals surface area contributed by atoms with Crippen LogP contribution in [0.2, 0.25) is 0 Å². The highest BCUT2D eigenvalue weighted by Gasteiger charge is 2.35. The van der Waals surface area contributed by atoms with Crippen LogP contribution in [0.15, 0.2) is 52.7 Å². The molecule has 2 heterocycles. The van der Waals surface area contributed by atoms with Crippen LogP contribution in [0.25, 0.3) is 5.82 Å². The van der Waals surface area contributed by atoms with Crippen molar-refractivity contribution in [3.8, 4) is 5.82 Å². The summed E-state index contributed by atoms with van der Waals surface area (Å²) in [7, 11) is -4.38. The SMILES string of the molecule is O=c1ccc(-n2cncn2)nn1CCNS(=O)(=O)c1ccc(F)c(C(F)(F)F)c1. The number of sulfonamides is 1. The van der Waals surface area contributed by atoms with E-state index in [1.807, 2.05) is 0 Å². The smallest absolute Gasteiger partial charge is 0.268 e. The quantitative estimate of drug-likeness (QED) is 0.581. The summed E-state index contributed by atoms with van der Waals surface area (Å²) in [6, 6.07) is 3.91. The molecule has 0 amide bonds. The first-order chi connectivity index (χ1) is 13.6. The maximum atomic E-state index is 13.3. The van der Waals surface area contributed by atoms with Gasteiger partial charge in [-0.15, -0.1) is 5.10 Å². The maximum Gasteiger partial charge on any atom is 0.419 e. The van der Waals surface area contributed by atoms with Gasteiger partial charge in [-0.25, -0.2) is 31.9 Å². The van der Waals surface area contributed by atoms with Crippen molar-refractivity contribution < 1.29 is 26.0 Å². The van der Waals surface area contributed by atoms with Crippen LogP contribution >= 0.6 is 0 Å². The third-order valence-electron chi connectivity index (χ3n) is 3.68. The number of aromatic nitrogens is 5. The van der Waals surface area contributed by atoms with Crippen molar-refractivity contribution in [2.45, 2.75) is 17.6 Å². The van der Waals surface area contributed by atoms with Crippen LogP contribution in [0, 0.1) is 5.82 Å². The third kappa shape index (κ3) is 4.65. The molecule has 0 aliphatic rings. The van der Waals surface area contributed by atoms with Crippen molar-refractivity contribution in [3.05, 3.63) is 64.7 Å². The summed E-state index contributed by atoms with van der Waals surface area (Å²) < 4.78 is 80.4. The number of nitrogens with zero attached hydrogens (tertiary/aromatic N) is 5. The van der Waals surface area contributed by atoms with Crippen molar-refractivity contribution in [3.63, 3.8) is 0 Å². The summed E-state index contributed by atoms with van der Waals surface area (Å²) >= 11 is 0. The highest BCUT2D eigenvalue weighted by Crippen LogP contribution is 2.32. The lowest BCUT2D eigenvalue weighted by Crippen LogP contribution is -2.32. The van der Waals surface area contributed by atoms with Crippen LogP contribution in [0.4, 0.5) is 17.6 Å². The molecule has 14 heteroatoms. The summed E-state index contributed by atoms with van der Waals surface area (Å²) in [5.74, 6) is -1.34. The van der Waals surface area contributed by atoms with Gasteiger partial charge in [0.15, 0.2) is 5.82 Å². The molecule has 3 rings (SSSR count). The molecular weight excluding hydrogens is 420 g/mol. The van der Waals surface area contributed by atoms with E-state index >= 15 is 0 Å². The van der Waals surface area contributed by atoms with Gasteiger partial charge < -0.3 is 0 Å². The van der Waals surface area contributed by atoms with Gasteiger partial charge in [0.1, 0.15) is 18.5 Å². The second kappa shape index (κ2) is 7.71. The minimum Gasteiger partial charge on any atom is -0.268 e. The van der Waals surface area contributed by atoms with Crippen LogP contribution in [0.3, 0.4) is 0 Å². The van der Waals surface area contributed by atoms with Crippen molar-refractivity contribution >= 4 is 10.0 Å². The predicted molar refractivity (Wildman–Crippen MR) is 90.0 cm³/mol. The largest absolute Gasteiger partial charge is 0.419 e. The Morgan fingerprint density at radius 3 is 2.55 bits per heavy atom. The topological polar surface area (TPSA) is 112 Å². The van der Waals surface area contributed by atoms with E-state index in [-0.39, 0.29) is 25.0 Å². The summed E-state index contributed by atoms with van der Waals surface area (Å²) in [5.41, 5.74) is -2.23. The van der Waals surface area contributed by atoms with Crippen molar-refractivity contribution in [1.82, 2.24) is 29.3 Å². The molecule has 29 heavy (non-hydrogen) atoms. The first-order valence-corrected chi connectivity index (χ1v) is 9.36. The number of nitrogens with one attached hydrogen (secondary N) is 1. The fraction of sp³-hybridized carbons (Fsp3) is 0.200. The van der Waals surface area contributed by atoms with Gasteiger partial charge in [0.05, 0.1) is 17.0 Å². The molecule has 0 saturated carbocycles. The number of hydrogen-bond acceptors (Lipinski definition) is 6. The molecule has 0 spiro atoms. The highest BCUT2D eigenvalue weighted by molar-refractivity contribution is 7.89. The Hall–Kier alpha value is -3.13. The van der Waals surface area contributed by atoms with Gasteiger partial charge in [-0.3, -0.25) is 4.79 Å². The zero-order valence-corrected chi connectivity index (χ0v) is 15.2. The molecule has 9 nitrogen and oxygen atoms in total. The Bertz CT molecular complexity index is 1180. The number of alkyl halides is 3. The normalized spacial score (nSPS) is 12.3. The lowest BCUT2D eigenvalue weighted by atomic mass is 10.2. The van der Waals surface area contributed by atoms with Gasteiger partial charge in [0.2, 0.25) is 10.0 Å². The number of halogens is 4. The van der Waals surface area contributed by atoms with Crippen LogP contribution in [-0.2, 0) is 22.7 Å². The minimum absolute atomic E-state index is 0.202. The lowest BCUT2D eigenvalue weighted by Gasteiger charge is -2.12. The fourth-order valence-electron chi connectivity index (χ4n) is 2.31. The van der Waals surface area contributed by atoms with Gasteiger partial charge in [0.25, 0.3) is 5.56 Å². The summed E-state index contributed by atoms with van der Waals surface area (Å²) in [4.78, 5) is 14.8. The first-order valence-electron chi connectivity index (χ1n) is 7.87. The molecule has 0 bridgehead atoms. The molecular formula is C15H12F4N6O3S. The van der Waals surface area contributed by atoms with E-state index in [1.165, 1.54) is 29.5 Å². The monoisotopic (exact) mass is 432 g/mol. The Balaban J connectivity index is 1.75. The van der Waals surface area contributed by atoms with Crippen LogP contribution in [0.1, 0.15) is 5.56 Å². The molecule has 2 aromatic heterocycles. The molecule has 0 saturated heterocycles. The molecule has 0 unspecified atom stereocenters. The van der Waals surface area contributed by atoms with E-state index in [9.17, 15) is 30.8 Å². The minimum atomic E-state index is -5.05. The summed E-state index contributed by atoms with van der Waals surface area (Å²) in [5, 5.41) is 7.84. The van der Waals surface area contributed by atoms with E-state index in [0.29, 0.717) is 12.1 Å². The van der Waals surface area contributed by atoms with E-state index in [4.69, 9.17) is 0 Å². The molecule has 0 atom stereocenters. The van der Waals surface area contributed by atoms with Crippen LogP contribution in [-0.4, -0.2) is 39.5 Å². The average molecular weight is 432 g/mol.